The molecule has 0 aromatic heterocycles. The Morgan fingerprint density at radius 1 is 0.594 bits per heavy atom. The lowest BCUT2D eigenvalue weighted by Gasteiger charge is -2.23. The predicted molar refractivity (Wildman–Crippen MR) is 145 cm³/mol. The summed E-state index contributed by atoms with van der Waals surface area (Å²) >= 11 is 4.08. The van der Waals surface area contributed by atoms with Gasteiger partial charge in [0.25, 0.3) is 0 Å². The first-order chi connectivity index (χ1) is 15.5. The average molecular weight is 453 g/mol. The molecule has 4 bridgehead atoms. The zero-order chi connectivity index (χ0) is 21.9. The summed E-state index contributed by atoms with van der Waals surface area (Å²) in [7, 11) is 0. The second kappa shape index (κ2) is 7.71. The number of benzene rings is 5. The van der Waals surface area contributed by atoms with Crippen LogP contribution in [0.4, 0.5) is 0 Å². The minimum Gasteiger partial charge on any atom is -0.152 e. The molecule has 6 rings (SSSR count). The van der Waals surface area contributed by atoms with Gasteiger partial charge in [0.05, 0.1) is 0 Å². The van der Waals surface area contributed by atoms with Crippen molar-refractivity contribution in [3.63, 3.8) is 0 Å². The van der Waals surface area contributed by atoms with Crippen LogP contribution in [0.15, 0.2) is 66.7 Å². The van der Waals surface area contributed by atoms with Gasteiger partial charge in [-0.3, -0.25) is 0 Å². The van der Waals surface area contributed by atoms with Crippen LogP contribution in [0.25, 0.3) is 32.3 Å². The largest absolute Gasteiger partial charge is 0.152 e. The average Bonchev–Trinajstić information content (AvgIpc) is 2.77. The first-order valence-corrected chi connectivity index (χ1v) is 13.8. The Labute approximate surface area is 199 Å². The molecule has 0 spiro atoms. The summed E-state index contributed by atoms with van der Waals surface area (Å²) in [6, 6.07) is 26.0. The lowest BCUT2D eigenvalue weighted by molar-refractivity contribution is 0.591. The second-order valence-corrected chi connectivity index (χ2v) is 12.1. The van der Waals surface area contributed by atoms with E-state index >= 15 is 0 Å². The van der Waals surface area contributed by atoms with Gasteiger partial charge in [-0.15, -0.1) is 0 Å². The zero-order valence-corrected chi connectivity index (χ0v) is 20.6. The maximum Gasteiger partial charge on any atom is 0.0194 e. The Kier molecular flexibility index (Phi) is 4.93. The van der Waals surface area contributed by atoms with E-state index in [1.807, 2.05) is 23.5 Å². The quantitative estimate of drug-likeness (QED) is 0.215. The van der Waals surface area contributed by atoms with Crippen LogP contribution in [0.2, 0.25) is 0 Å². The van der Waals surface area contributed by atoms with Crippen LogP contribution in [-0.2, 0) is 28.4 Å². The van der Waals surface area contributed by atoms with E-state index in [1.165, 1.54) is 60.1 Å². The number of fused-ring (bicyclic) bond motifs is 6. The van der Waals surface area contributed by atoms with Gasteiger partial charge in [0.1, 0.15) is 0 Å². The van der Waals surface area contributed by atoms with E-state index in [9.17, 15) is 0 Å². The van der Waals surface area contributed by atoms with Crippen LogP contribution >= 0.6 is 23.5 Å². The van der Waals surface area contributed by atoms with E-state index in [-0.39, 0.29) is 5.41 Å². The van der Waals surface area contributed by atoms with Crippen molar-refractivity contribution in [1.29, 1.82) is 0 Å². The number of hydrogen-bond donors (Lipinski definition) is 0. The first-order valence-electron chi connectivity index (χ1n) is 11.4. The van der Waals surface area contributed by atoms with Gasteiger partial charge in [-0.25, -0.2) is 0 Å². The third-order valence-corrected chi connectivity index (χ3v) is 8.90. The Bertz CT molecular complexity index is 1360. The fraction of sp³-hybridized carbons (Fsp3) is 0.267. The van der Waals surface area contributed by atoms with E-state index in [4.69, 9.17) is 0 Å². The summed E-state index contributed by atoms with van der Waals surface area (Å²) in [5, 5.41) is 8.56. The van der Waals surface area contributed by atoms with Crippen molar-refractivity contribution in [2.45, 2.75) is 49.2 Å². The van der Waals surface area contributed by atoms with Gasteiger partial charge in [-0.1, -0.05) is 87.5 Å². The molecule has 0 atom stereocenters. The van der Waals surface area contributed by atoms with E-state index in [2.05, 4.69) is 87.5 Å². The van der Waals surface area contributed by atoms with Gasteiger partial charge in [0.15, 0.2) is 0 Å². The SMILES string of the molecule is CC(C)(C)c1cc2ccc3c4cc(c5ccc(c1)c2c35)CSCc1cccc(c1)CSC4. The molecule has 160 valence electrons. The van der Waals surface area contributed by atoms with E-state index in [1.54, 1.807) is 0 Å². The minimum absolute atomic E-state index is 0.150. The lowest BCUT2D eigenvalue weighted by Crippen LogP contribution is -2.10. The van der Waals surface area contributed by atoms with Gasteiger partial charge < -0.3 is 0 Å². The summed E-state index contributed by atoms with van der Waals surface area (Å²) in [6.07, 6.45) is 0. The summed E-state index contributed by atoms with van der Waals surface area (Å²) < 4.78 is 0. The molecule has 0 aliphatic carbocycles. The molecule has 0 unspecified atom stereocenters. The molecular formula is C30H28S2. The Morgan fingerprint density at radius 2 is 1.16 bits per heavy atom. The Morgan fingerprint density at radius 3 is 1.69 bits per heavy atom. The molecule has 5 aromatic rings. The fourth-order valence-electron chi connectivity index (χ4n) is 5.11. The number of thioether (sulfide) groups is 2. The van der Waals surface area contributed by atoms with E-state index in [0.717, 1.165) is 23.0 Å². The molecule has 0 amide bonds. The molecule has 1 aliphatic rings. The van der Waals surface area contributed by atoms with Crippen molar-refractivity contribution < 1.29 is 0 Å². The smallest absolute Gasteiger partial charge is 0.0194 e. The van der Waals surface area contributed by atoms with Crippen LogP contribution in [0, 0.1) is 0 Å². The molecule has 1 aliphatic heterocycles. The van der Waals surface area contributed by atoms with E-state index in [0.29, 0.717) is 0 Å². The monoisotopic (exact) mass is 452 g/mol. The van der Waals surface area contributed by atoms with Crippen LogP contribution in [-0.4, -0.2) is 0 Å². The van der Waals surface area contributed by atoms with Crippen LogP contribution in [0.1, 0.15) is 48.6 Å². The van der Waals surface area contributed by atoms with Crippen molar-refractivity contribution in [3.05, 3.63) is 94.5 Å². The standard InChI is InChI=1S/C30H28S2/c1-30(2,3)25-13-21-7-9-26-23-12-24(27-10-8-22(14-25)28(21)29(26)27)18-32-16-20-6-4-5-19(11-20)15-31-17-23/h4-14H,15-18H2,1-3H3. The van der Waals surface area contributed by atoms with Gasteiger partial charge >= 0.3 is 0 Å². The van der Waals surface area contributed by atoms with Crippen LogP contribution in [0.3, 0.4) is 0 Å². The number of hydrogen-bond acceptors (Lipinski definition) is 2. The Balaban J connectivity index is 1.57. The lowest BCUT2D eigenvalue weighted by atomic mass is 9.82. The van der Waals surface area contributed by atoms with E-state index < -0.39 is 0 Å². The van der Waals surface area contributed by atoms with Crippen LogP contribution < -0.4 is 0 Å². The molecule has 0 saturated carbocycles. The highest BCUT2D eigenvalue weighted by Gasteiger charge is 2.19. The molecular weight excluding hydrogens is 424 g/mol. The van der Waals surface area contributed by atoms with Crippen molar-refractivity contribution >= 4 is 55.8 Å². The first kappa shape index (κ1) is 20.4. The third kappa shape index (κ3) is 3.49. The summed E-state index contributed by atoms with van der Waals surface area (Å²) in [6.45, 7) is 6.93. The molecule has 5 aromatic carbocycles. The topological polar surface area (TPSA) is 0 Å². The molecule has 32 heavy (non-hydrogen) atoms. The normalized spacial score (nSPS) is 15.2. The highest BCUT2D eigenvalue weighted by atomic mass is 32.2. The minimum atomic E-state index is 0.150. The molecule has 0 radical (unpaired) electrons. The predicted octanol–water partition coefficient (Wildman–Crippen LogP) is 9.06. The summed E-state index contributed by atoms with van der Waals surface area (Å²) in [4.78, 5) is 0. The van der Waals surface area contributed by atoms with Gasteiger partial charge in [-0.05, 0) is 65.5 Å². The van der Waals surface area contributed by atoms with Gasteiger partial charge in [-0.2, -0.15) is 23.5 Å². The maximum absolute atomic E-state index is 2.50. The molecule has 1 heterocycles. The van der Waals surface area contributed by atoms with Gasteiger partial charge in [0.2, 0.25) is 0 Å². The zero-order valence-electron chi connectivity index (χ0n) is 19.0. The molecule has 0 fully saturated rings. The van der Waals surface area contributed by atoms with Crippen LogP contribution in [0.5, 0.6) is 0 Å². The van der Waals surface area contributed by atoms with Gasteiger partial charge in [0, 0.05) is 23.0 Å². The number of rotatable bonds is 0. The second-order valence-electron chi connectivity index (χ2n) is 10.1. The Hall–Kier alpha value is -2.16. The van der Waals surface area contributed by atoms with Crippen molar-refractivity contribution in [1.82, 2.24) is 0 Å². The maximum atomic E-state index is 2.50. The van der Waals surface area contributed by atoms with Crippen molar-refractivity contribution in [3.8, 4) is 0 Å². The molecule has 0 nitrogen and oxygen atoms in total. The molecule has 0 N–H and O–H groups in total. The highest BCUT2D eigenvalue weighted by molar-refractivity contribution is 7.98. The summed E-state index contributed by atoms with van der Waals surface area (Å²) in [5.74, 6) is 4.27. The van der Waals surface area contributed by atoms with Crippen molar-refractivity contribution in [2.24, 2.45) is 0 Å². The third-order valence-electron chi connectivity index (χ3n) is 6.80. The fourth-order valence-corrected chi connectivity index (χ4v) is 7.06. The van der Waals surface area contributed by atoms with Crippen molar-refractivity contribution in [2.75, 3.05) is 0 Å². The highest BCUT2D eigenvalue weighted by Crippen LogP contribution is 2.42. The molecule has 0 saturated heterocycles. The molecule has 2 heteroatoms. The summed E-state index contributed by atoms with van der Waals surface area (Å²) in [5.41, 5.74) is 7.44.